The Morgan fingerprint density at radius 3 is 2.34 bits per heavy atom. The summed E-state index contributed by atoms with van der Waals surface area (Å²) >= 11 is 5.34. The molecule has 3 N–H and O–H groups in total. The Morgan fingerprint density at radius 1 is 1.03 bits per heavy atom. The third-order valence-electron chi connectivity index (χ3n) is 4.74. The maximum atomic E-state index is 13.3. The van der Waals surface area contributed by atoms with Gasteiger partial charge in [-0.05, 0) is 74.4 Å². The molecule has 1 amide bonds. The first-order valence-corrected chi connectivity index (χ1v) is 9.63. The lowest BCUT2D eigenvalue weighted by atomic mass is 9.93. The maximum absolute atomic E-state index is 13.3. The SMILES string of the molecule is COc1ccc(OC)c(C2NC(=S)NC(C)=C2C(=O)Nc2cc(C)cc(C)c2)c1. The highest BCUT2D eigenvalue weighted by Gasteiger charge is 2.32. The average Bonchev–Trinajstić information content (AvgIpc) is 2.65. The van der Waals surface area contributed by atoms with Crippen LogP contribution in [0.5, 0.6) is 11.5 Å². The second-order valence-corrected chi connectivity index (χ2v) is 7.42. The van der Waals surface area contributed by atoms with Gasteiger partial charge in [0, 0.05) is 16.9 Å². The molecule has 7 heteroatoms. The lowest BCUT2D eigenvalue weighted by Gasteiger charge is -2.31. The number of methoxy groups -OCH3 is 2. The zero-order chi connectivity index (χ0) is 21.1. The summed E-state index contributed by atoms with van der Waals surface area (Å²) in [6.45, 7) is 5.84. The van der Waals surface area contributed by atoms with Crippen LogP contribution in [0.25, 0.3) is 0 Å². The predicted molar refractivity (Wildman–Crippen MR) is 118 cm³/mol. The Labute approximate surface area is 176 Å². The molecular formula is C22H25N3O3S. The number of rotatable bonds is 5. The number of aryl methyl sites for hydroxylation is 2. The van der Waals surface area contributed by atoms with Crippen molar-refractivity contribution in [3.8, 4) is 11.5 Å². The lowest BCUT2D eigenvalue weighted by molar-refractivity contribution is -0.113. The summed E-state index contributed by atoms with van der Waals surface area (Å²) in [5, 5.41) is 9.70. The molecule has 1 aliphatic heterocycles. The predicted octanol–water partition coefficient (Wildman–Crippen LogP) is 3.75. The van der Waals surface area contributed by atoms with Gasteiger partial charge >= 0.3 is 0 Å². The quantitative estimate of drug-likeness (QED) is 0.651. The molecule has 1 heterocycles. The molecule has 29 heavy (non-hydrogen) atoms. The minimum atomic E-state index is -0.486. The monoisotopic (exact) mass is 411 g/mol. The number of ether oxygens (including phenoxy) is 2. The Hall–Kier alpha value is -3.06. The van der Waals surface area contributed by atoms with Crippen molar-refractivity contribution in [3.05, 3.63) is 64.4 Å². The largest absolute Gasteiger partial charge is 0.497 e. The standard InChI is InChI=1S/C22H25N3O3S/c1-12-8-13(2)10-15(9-12)24-21(26)19-14(3)23-22(29)25-20(19)17-11-16(27-4)6-7-18(17)28-5/h6-11,20H,1-5H3,(H,24,26)(H2,23,25,29). The van der Waals surface area contributed by atoms with Crippen LogP contribution in [-0.2, 0) is 4.79 Å². The van der Waals surface area contributed by atoms with Crippen molar-refractivity contribution in [2.75, 3.05) is 19.5 Å². The van der Waals surface area contributed by atoms with Gasteiger partial charge in [-0.25, -0.2) is 0 Å². The second-order valence-electron chi connectivity index (χ2n) is 7.01. The van der Waals surface area contributed by atoms with Gasteiger partial charge in [-0.2, -0.15) is 0 Å². The third kappa shape index (κ3) is 4.51. The molecule has 0 bridgehead atoms. The Balaban J connectivity index is 2.03. The molecule has 0 saturated carbocycles. The number of thiocarbonyl (C=S) groups is 1. The van der Waals surface area contributed by atoms with Crippen molar-refractivity contribution >= 4 is 28.9 Å². The third-order valence-corrected chi connectivity index (χ3v) is 4.96. The van der Waals surface area contributed by atoms with E-state index < -0.39 is 6.04 Å². The summed E-state index contributed by atoms with van der Waals surface area (Å²) in [6, 6.07) is 10.9. The Kier molecular flexibility index (Phi) is 6.08. The van der Waals surface area contributed by atoms with E-state index in [2.05, 4.69) is 22.0 Å². The zero-order valence-corrected chi connectivity index (χ0v) is 18.0. The number of amides is 1. The summed E-state index contributed by atoms with van der Waals surface area (Å²) in [5.74, 6) is 1.08. The van der Waals surface area contributed by atoms with Gasteiger partial charge in [0.25, 0.3) is 5.91 Å². The van der Waals surface area contributed by atoms with Gasteiger partial charge in [0.05, 0.1) is 25.8 Å². The number of hydrogen-bond acceptors (Lipinski definition) is 4. The minimum absolute atomic E-state index is 0.218. The van der Waals surface area contributed by atoms with Gasteiger partial charge < -0.3 is 25.4 Å². The molecule has 2 aromatic rings. The summed E-state index contributed by atoms with van der Waals surface area (Å²) in [5.41, 5.74) is 4.89. The highest BCUT2D eigenvalue weighted by atomic mass is 32.1. The van der Waals surface area contributed by atoms with Crippen LogP contribution in [-0.4, -0.2) is 25.2 Å². The second kappa shape index (κ2) is 8.53. The molecule has 0 fully saturated rings. The van der Waals surface area contributed by atoms with E-state index in [0.717, 1.165) is 22.4 Å². The number of carbonyl (C=O) groups excluding carboxylic acids is 1. The summed E-state index contributed by atoms with van der Waals surface area (Å²) < 4.78 is 10.9. The van der Waals surface area contributed by atoms with Crippen molar-refractivity contribution in [1.82, 2.24) is 10.6 Å². The normalized spacial score (nSPS) is 16.0. The Morgan fingerprint density at radius 2 is 1.72 bits per heavy atom. The van der Waals surface area contributed by atoms with Gasteiger partial charge in [0.1, 0.15) is 11.5 Å². The number of nitrogens with one attached hydrogen (secondary N) is 3. The van der Waals surface area contributed by atoms with Gasteiger partial charge in [-0.3, -0.25) is 4.79 Å². The zero-order valence-electron chi connectivity index (χ0n) is 17.2. The fraction of sp³-hybridized carbons (Fsp3) is 0.273. The molecule has 3 rings (SSSR count). The van der Waals surface area contributed by atoms with Crippen molar-refractivity contribution in [3.63, 3.8) is 0 Å². The first kappa shape index (κ1) is 20.7. The highest BCUT2D eigenvalue weighted by Crippen LogP contribution is 2.36. The molecule has 1 unspecified atom stereocenters. The van der Waals surface area contributed by atoms with Crippen LogP contribution >= 0.6 is 12.2 Å². The summed E-state index contributed by atoms with van der Waals surface area (Å²) in [7, 11) is 3.19. The van der Waals surface area contributed by atoms with Crippen molar-refractivity contribution in [2.24, 2.45) is 0 Å². The number of allylic oxidation sites excluding steroid dienone is 1. The van der Waals surface area contributed by atoms with Crippen LogP contribution in [0.4, 0.5) is 5.69 Å². The van der Waals surface area contributed by atoms with E-state index in [-0.39, 0.29) is 5.91 Å². The van der Waals surface area contributed by atoms with E-state index in [4.69, 9.17) is 21.7 Å². The van der Waals surface area contributed by atoms with Gasteiger partial charge in [-0.15, -0.1) is 0 Å². The van der Waals surface area contributed by atoms with E-state index in [1.165, 1.54) is 0 Å². The topological polar surface area (TPSA) is 71.6 Å². The van der Waals surface area contributed by atoms with Crippen LogP contribution in [0.3, 0.4) is 0 Å². The van der Waals surface area contributed by atoms with E-state index >= 15 is 0 Å². The van der Waals surface area contributed by atoms with Crippen LogP contribution < -0.4 is 25.4 Å². The molecule has 152 valence electrons. The molecular weight excluding hydrogens is 386 g/mol. The highest BCUT2D eigenvalue weighted by molar-refractivity contribution is 7.80. The van der Waals surface area contributed by atoms with Gasteiger partial charge in [0.2, 0.25) is 0 Å². The fourth-order valence-electron chi connectivity index (χ4n) is 3.54. The van der Waals surface area contributed by atoms with E-state index in [0.29, 0.717) is 27.9 Å². The summed E-state index contributed by atoms with van der Waals surface area (Å²) in [4.78, 5) is 13.3. The van der Waals surface area contributed by atoms with Crippen LogP contribution in [0, 0.1) is 13.8 Å². The van der Waals surface area contributed by atoms with E-state index in [9.17, 15) is 4.79 Å². The van der Waals surface area contributed by atoms with E-state index in [1.54, 1.807) is 14.2 Å². The molecule has 0 aromatic heterocycles. The maximum Gasteiger partial charge on any atom is 0.255 e. The van der Waals surface area contributed by atoms with Crippen molar-refractivity contribution in [1.29, 1.82) is 0 Å². The molecule has 1 aliphatic rings. The molecule has 2 aromatic carbocycles. The number of benzene rings is 2. The number of anilines is 1. The van der Waals surface area contributed by atoms with E-state index in [1.807, 2.05) is 51.1 Å². The van der Waals surface area contributed by atoms with Crippen molar-refractivity contribution < 1.29 is 14.3 Å². The Bertz CT molecular complexity index is 981. The molecule has 6 nitrogen and oxygen atoms in total. The lowest BCUT2D eigenvalue weighted by Crippen LogP contribution is -2.45. The molecule has 0 aliphatic carbocycles. The average molecular weight is 412 g/mol. The van der Waals surface area contributed by atoms with Crippen molar-refractivity contribution in [2.45, 2.75) is 26.8 Å². The number of hydrogen-bond donors (Lipinski definition) is 3. The van der Waals surface area contributed by atoms with Gasteiger partial charge in [0.15, 0.2) is 5.11 Å². The van der Waals surface area contributed by atoms with Gasteiger partial charge in [-0.1, -0.05) is 6.07 Å². The fourth-order valence-corrected chi connectivity index (χ4v) is 3.81. The first-order valence-electron chi connectivity index (χ1n) is 9.22. The molecule has 0 spiro atoms. The van der Waals surface area contributed by atoms with Crippen LogP contribution in [0.15, 0.2) is 47.7 Å². The molecule has 1 atom stereocenters. The minimum Gasteiger partial charge on any atom is -0.497 e. The van der Waals surface area contributed by atoms with Crippen LogP contribution in [0.1, 0.15) is 29.7 Å². The first-order chi connectivity index (χ1) is 13.8. The van der Waals surface area contributed by atoms with Crippen LogP contribution in [0.2, 0.25) is 0 Å². The summed E-state index contributed by atoms with van der Waals surface area (Å²) in [6.07, 6.45) is 0. The molecule has 0 radical (unpaired) electrons. The number of carbonyl (C=O) groups is 1. The smallest absolute Gasteiger partial charge is 0.255 e. The molecule has 0 saturated heterocycles.